The second-order valence-electron chi connectivity index (χ2n) is 0.448. The van der Waals surface area contributed by atoms with E-state index in [1.165, 1.54) is 0 Å². The molecule has 0 saturated heterocycles. The number of thiocarbonyl (C=S) groups is 1. The number of nitrogens with two attached hydrogens (primary N) is 2. The van der Waals surface area contributed by atoms with Crippen LogP contribution in [-0.2, 0) is 12.7 Å². The monoisotopic (exact) mass is 204 g/mol. The van der Waals surface area contributed by atoms with Crippen LogP contribution in [0.5, 0.6) is 0 Å². The molecule has 0 aliphatic carbocycles. The molecule has 7 heavy (non-hydrogen) atoms. The van der Waals surface area contributed by atoms with Crippen molar-refractivity contribution in [3.8, 4) is 0 Å². The Morgan fingerprint density at radius 3 is 1.43 bits per heavy atom. The van der Waals surface area contributed by atoms with Gasteiger partial charge in [0, 0.05) is 0 Å². The second kappa shape index (κ2) is 9.90. The first-order valence-corrected chi connectivity index (χ1v) is 4.15. The molecule has 0 spiro atoms. The number of rotatable bonds is 0. The van der Waals surface area contributed by atoms with Gasteiger partial charge in [0.05, 0.1) is 0 Å². The molecule has 0 aromatic rings. The minimum absolute atomic E-state index is 0.000000000000000222. The van der Waals surface area contributed by atoms with E-state index in [9.17, 15) is 0 Å². The first-order valence-electron chi connectivity index (χ1n) is 1.02. The molecule has 0 radical (unpaired) electrons. The quantitative estimate of drug-likeness (QED) is 0.449. The molecule has 0 aliphatic rings. The Hall–Kier alpha value is 0.764. The van der Waals surface area contributed by atoms with Crippen LogP contribution in [0.1, 0.15) is 0 Å². The SMILES string of the molecule is NC(N)=S.[Cl][Ni][Cl]. The third-order valence-corrected chi connectivity index (χ3v) is 0. The van der Waals surface area contributed by atoms with Gasteiger partial charge in [0.1, 0.15) is 0 Å². The van der Waals surface area contributed by atoms with Crippen LogP contribution >= 0.6 is 32.6 Å². The van der Waals surface area contributed by atoms with E-state index >= 15 is 0 Å². The molecule has 0 saturated carbocycles. The Kier molecular flexibility index (Phi) is 15.1. The van der Waals surface area contributed by atoms with Gasteiger partial charge in [-0.05, 0) is 12.2 Å². The third kappa shape index (κ3) is 263. The summed E-state index contributed by atoms with van der Waals surface area (Å²) >= 11 is 4.66. The molecule has 0 atom stereocenters. The standard InChI is InChI=1S/CH4N2S.2ClH.Ni/c2-1(3)4;;;/h(H4,2,3,4);2*1H;/q;;;+2/p-2. The second-order valence-corrected chi connectivity index (χ2v) is 2.55. The molecule has 0 unspecified atom stereocenters. The number of hydrogen-bond acceptors (Lipinski definition) is 1. The van der Waals surface area contributed by atoms with Crippen LogP contribution < -0.4 is 11.5 Å². The van der Waals surface area contributed by atoms with Crippen molar-refractivity contribution >= 4 is 37.7 Å². The molecule has 0 aromatic heterocycles. The fourth-order valence-electron chi connectivity index (χ4n) is 0. The van der Waals surface area contributed by atoms with Crippen LogP contribution in [-0.4, -0.2) is 5.11 Å². The van der Waals surface area contributed by atoms with Gasteiger partial charge in [-0.3, -0.25) is 0 Å². The van der Waals surface area contributed by atoms with E-state index in [1.807, 2.05) is 0 Å². The first kappa shape index (κ1) is 10.7. The third-order valence-electron chi connectivity index (χ3n) is 0. The van der Waals surface area contributed by atoms with Crippen molar-refractivity contribution in [2.24, 2.45) is 11.5 Å². The van der Waals surface area contributed by atoms with Crippen LogP contribution in [0.4, 0.5) is 0 Å². The summed E-state index contributed by atoms with van der Waals surface area (Å²) in [5.41, 5.74) is 9.24. The van der Waals surface area contributed by atoms with Crippen molar-refractivity contribution in [3.05, 3.63) is 0 Å². The van der Waals surface area contributed by atoms with Gasteiger partial charge >= 0.3 is 33.0 Å². The Labute approximate surface area is 61.9 Å². The Morgan fingerprint density at radius 2 is 1.43 bits per heavy atom. The molecule has 2 nitrogen and oxygen atoms in total. The van der Waals surface area contributed by atoms with Crippen molar-refractivity contribution in [3.63, 3.8) is 0 Å². The molecule has 0 heterocycles. The van der Waals surface area contributed by atoms with E-state index < -0.39 is 0 Å². The average molecular weight is 206 g/mol. The predicted molar refractivity (Wildman–Crippen MR) is 32.7 cm³/mol. The van der Waals surface area contributed by atoms with Crippen LogP contribution in [0.25, 0.3) is 0 Å². The molecule has 0 bridgehead atoms. The Bertz CT molecular complexity index is 47.0. The normalized spacial score (nSPS) is 6.57. The van der Waals surface area contributed by atoms with E-state index in [4.69, 9.17) is 20.4 Å². The van der Waals surface area contributed by atoms with Gasteiger partial charge in [-0.25, -0.2) is 0 Å². The van der Waals surface area contributed by atoms with Gasteiger partial charge < -0.3 is 11.5 Å². The summed E-state index contributed by atoms with van der Waals surface area (Å²) in [5.74, 6) is 0. The Balaban J connectivity index is 0. The fraction of sp³-hybridized carbons (Fsp3) is 0. The van der Waals surface area contributed by atoms with Crippen LogP contribution in [0.15, 0.2) is 0 Å². The molecule has 0 amide bonds. The Morgan fingerprint density at radius 1 is 1.43 bits per heavy atom. The van der Waals surface area contributed by atoms with Crippen molar-refractivity contribution in [2.75, 3.05) is 0 Å². The summed E-state index contributed by atoms with van der Waals surface area (Å²) in [6.07, 6.45) is 0. The summed E-state index contributed by atoms with van der Waals surface area (Å²) in [6, 6.07) is 0. The van der Waals surface area contributed by atoms with Gasteiger partial charge in [-0.2, -0.15) is 0 Å². The average Bonchev–Trinajstić information content (AvgIpc) is 1.33. The van der Waals surface area contributed by atoms with E-state index in [2.05, 4.69) is 23.7 Å². The first-order chi connectivity index (χ1) is 3.15. The van der Waals surface area contributed by atoms with Crippen molar-refractivity contribution < 1.29 is 12.7 Å². The van der Waals surface area contributed by atoms with E-state index in [1.54, 1.807) is 0 Å². The molecule has 4 N–H and O–H groups in total. The molecular weight excluding hydrogens is 202 g/mol. The van der Waals surface area contributed by atoms with E-state index in [0.29, 0.717) is 12.7 Å². The molecule has 0 rings (SSSR count). The molecule has 0 aromatic carbocycles. The molecule has 48 valence electrons. The minimum atomic E-state index is 0.000000000000000222. The zero-order valence-corrected chi connectivity index (χ0v) is 6.45. The van der Waals surface area contributed by atoms with Gasteiger partial charge in [0.25, 0.3) is 0 Å². The number of hydrogen-bond donors (Lipinski definition) is 2. The van der Waals surface area contributed by atoms with Gasteiger partial charge in [0.2, 0.25) is 0 Å². The predicted octanol–water partition coefficient (Wildman–Crippen LogP) is 0.565. The van der Waals surface area contributed by atoms with Crippen molar-refractivity contribution in [1.29, 1.82) is 0 Å². The zero-order chi connectivity index (χ0) is 6.28. The summed E-state index contributed by atoms with van der Waals surface area (Å²) in [7, 11) is 9.40. The summed E-state index contributed by atoms with van der Waals surface area (Å²) in [4.78, 5) is 0. The van der Waals surface area contributed by atoms with Crippen LogP contribution in [0.3, 0.4) is 0 Å². The maximum absolute atomic E-state index is 4.70. The van der Waals surface area contributed by atoms with Crippen molar-refractivity contribution in [1.82, 2.24) is 0 Å². The van der Waals surface area contributed by atoms with Crippen LogP contribution in [0, 0.1) is 0 Å². The summed E-state index contributed by atoms with van der Waals surface area (Å²) in [6.45, 7) is 0. The molecule has 6 heteroatoms. The molecule has 0 fully saturated rings. The van der Waals surface area contributed by atoms with Gasteiger partial charge in [0.15, 0.2) is 5.11 Å². The van der Waals surface area contributed by atoms with E-state index in [0.717, 1.165) is 0 Å². The molecule has 0 aliphatic heterocycles. The van der Waals surface area contributed by atoms with E-state index in [-0.39, 0.29) is 5.11 Å². The topological polar surface area (TPSA) is 52.0 Å². The molecular formula is CH4Cl2N2NiS. The van der Waals surface area contributed by atoms with Gasteiger partial charge in [-0.1, -0.05) is 0 Å². The fourth-order valence-corrected chi connectivity index (χ4v) is 0. The summed E-state index contributed by atoms with van der Waals surface area (Å²) in [5, 5.41) is 0.000000000000000222. The number of halogens is 2. The van der Waals surface area contributed by atoms with Crippen molar-refractivity contribution in [2.45, 2.75) is 0 Å². The van der Waals surface area contributed by atoms with Crippen LogP contribution in [0.2, 0.25) is 0 Å². The zero-order valence-electron chi connectivity index (χ0n) is 3.14. The van der Waals surface area contributed by atoms with Gasteiger partial charge in [-0.15, -0.1) is 0 Å². The maximum atomic E-state index is 4.70. The summed E-state index contributed by atoms with van der Waals surface area (Å²) < 4.78 is 0.